The van der Waals surface area contributed by atoms with Crippen LogP contribution >= 0.6 is 0 Å². The summed E-state index contributed by atoms with van der Waals surface area (Å²) in [5.74, 6) is -0.525. The third-order valence-corrected chi connectivity index (χ3v) is 1.75. The van der Waals surface area contributed by atoms with Crippen LogP contribution in [0.1, 0.15) is 6.92 Å². The SMILES string of the molecule is CC1=C[C@H](O)[C@@H](O)[C@H](O)C1=O. The topological polar surface area (TPSA) is 77.8 Å². The van der Waals surface area contributed by atoms with Crippen LogP contribution < -0.4 is 0 Å². The summed E-state index contributed by atoms with van der Waals surface area (Å²) in [5, 5.41) is 27.0. The number of rotatable bonds is 0. The van der Waals surface area contributed by atoms with Crippen molar-refractivity contribution >= 4 is 5.78 Å². The van der Waals surface area contributed by atoms with Gasteiger partial charge in [-0.25, -0.2) is 0 Å². The highest BCUT2D eigenvalue weighted by molar-refractivity contribution is 5.99. The van der Waals surface area contributed by atoms with Gasteiger partial charge in [-0.1, -0.05) is 0 Å². The van der Waals surface area contributed by atoms with E-state index in [9.17, 15) is 4.79 Å². The van der Waals surface area contributed by atoms with Gasteiger partial charge in [0.1, 0.15) is 18.3 Å². The molecule has 0 spiro atoms. The summed E-state index contributed by atoms with van der Waals surface area (Å²) in [5.41, 5.74) is 0.287. The molecule has 62 valence electrons. The van der Waals surface area contributed by atoms with E-state index >= 15 is 0 Å². The average molecular weight is 158 g/mol. The fourth-order valence-electron chi connectivity index (χ4n) is 1.01. The molecule has 0 saturated carbocycles. The minimum atomic E-state index is -1.48. The highest BCUT2D eigenvalue weighted by Crippen LogP contribution is 2.15. The minimum absolute atomic E-state index is 0.287. The third kappa shape index (κ3) is 1.33. The van der Waals surface area contributed by atoms with Crippen LogP contribution in [0.3, 0.4) is 0 Å². The van der Waals surface area contributed by atoms with Gasteiger partial charge in [-0.15, -0.1) is 0 Å². The van der Waals surface area contributed by atoms with Gasteiger partial charge in [-0.3, -0.25) is 4.79 Å². The zero-order valence-corrected chi connectivity index (χ0v) is 6.06. The van der Waals surface area contributed by atoms with Gasteiger partial charge >= 0.3 is 0 Å². The zero-order chi connectivity index (χ0) is 8.59. The molecule has 1 aliphatic rings. The lowest BCUT2D eigenvalue weighted by molar-refractivity contribution is -0.134. The van der Waals surface area contributed by atoms with Gasteiger partial charge in [0.2, 0.25) is 0 Å². The molecule has 0 amide bonds. The number of aliphatic hydroxyl groups excluding tert-OH is 3. The largest absolute Gasteiger partial charge is 0.387 e. The van der Waals surface area contributed by atoms with E-state index in [-0.39, 0.29) is 5.57 Å². The molecule has 0 unspecified atom stereocenters. The summed E-state index contributed by atoms with van der Waals surface area (Å²) >= 11 is 0. The predicted molar refractivity (Wildman–Crippen MR) is 36.8 cm³/mol. The second kappa shape index (κ2) is 2.73. The molecule has 11 heavy (non-hydrogen) atoms. The van der Waals surface area contributed by atoms with Gasteiger partial charge in [0.15, 0.2) is 5.78 Å². The van der Waals surface area contributed by atoms with E-state index in [1.165, 1.54) is 13.0 Å². The van der Waals surface area contributed by atoms with E-state index < -0.39 is 24.1 Å². The van der Waals surface area contributed by atoms with Crippen molar-refractivity contribution in [2.75, 3.05) is 0 Å². The average Bonchev–Trinajstić information content (AvgIpc) is 1.97. The Morgan fingerprint density at radius 3 is 2.45 bits per heavy atom. The predicted octanol–water partition coefficient (Wildman–Crippen LogP) is -1.40. The van der Waals surface area contributed by atoms with Crippen LogP contribution in [-0.4, -0.2) is 39.4 Å². The Hall–Kier alpha value is -0.710. The zero-order valence-electron chi connectivity index (χ0n) is 6.06. The monoisotopic (exact) mass is 158 g/mol. The molecule has 0 aliphatic heterocycles. The van der Waals surface area contributed by atoms with Gasteiger partial charge in [0.05, 0.1) is 0 Å². The molecular weight excluding hydrogens is 148 g/mol. The Labute approximate surface area is 63.8 Å². The van der Waals surface area contributed by atoms with Crippen molar-refractivity contribution in [1.82, 2.24) is 0 Å². The van der Waals surface area contributed by atoms with E-state index in [2.05, 4.69) is 0 Å². The molecule has 0 heterocycles. The van der Waals surface area contributed by atoms with Crippen molar-refractivity contribution in [3.05, 3.63) is 11.6 Å². The maximum absolute atomic E-state index is 10.9. The Bertz CT molecular complexity index is 208. The van der Waals surface area contributed by atoms with Crippen molar-refractivity contribution in [2.45, 2.75) is 25.2 Å². The Morgan fingerprint density at radius 1 is 1.36 bits per heavy atom. The first-order valence-corrected chi connectivity index (χ1v) is 3.31. The summed E-state index contributed by atoms with van der Waals surface area (Å²) in [6.45, 7) is 1.49. The Balaban J connectivity index is 2.92. The van der Waals surface area contributed by atoms with E-state index in [4.69, 9.17) is 15.3 Å². The highest BCUT2D eigenvalue weighted by Gasteiger charge is 2.34. The number of carbonyl (C=O) groups is 1. The van der Waals surface area contributed by atoms with Crippen LogP contribution in [0.2, 0.25) is 0 Å². The van der Waals surface area contributed by atoms with Crippen molar-refractivity contribution in [1.29, 1.82) is 0 Å². The van der Waals surface area contributed by atoms with Gasteiger partial charge < -0.3 is 15.3 Å². The molecule has 0 radical (unpaired) electrons. The molecule has 1 rings (SSSR count). The lowest BCUT2D eigenvalue weighted by Gasteiger charge is -2.24. The number of ketones is 1. The summed E-state index contributed by atoms with van der Waals surface area (Å²) in [6.07, 6.45) is -2.76. The van der Waals surface area contributed by atoms with Crippen molar-refractivity contribution in [2.24, 2.45) is 0 Å². The Kier molecular flexibility index (Phi) is 2.08. The molecule has 4 heteroatoms. The molecule has 1 aliphatic carbocycles. The molecule has 0 fully saturated rings. The van der Waals surface area contributed by atoms with Crippen LogP contribution in [0, 0.1) is 0 Å². The van der Waals surface area contributed by atoms with Crippen molar-refractivity contribution < 1.29 is 20.1 Å². The molecule has 0 bridgehead atoms. The van der Waals surface area contributed by atoms with E-state index in [0.717, 1.165) is 0 Å². The van der Waals surface area contributed by atoms with E-state index in [1.807, 2.05) is 0 Å². The molecular formula is C7H10O4. The maximum Gasteiger partial charge on any atom is 0.189 e. The summed E-state index contributed by atoms with van der Waals surface area (Å²) in [7, 11) is 0. The minimum Gasteiger partial charge on any atom is -0.387 e. The fourth-order valence-corrected chi connectivity index (χ4v) is 1.01. The van der Waals surface area contributed by atoms with Gasteiger partial charge in [-0.05, 0) is 18.6 Å². The summed E-state index contributed by atoms with van der Waals surface area (Å²) in [6, 6.07) is 0. The number of aliphatic hydroxyl groups is 3. The molecule has 0 aromatic carbocycles. The molecule has 4 nitrogen and oxygen atoms in total. The number of hydrogen-bond donors (Lipinski definition) is 3. The summed E-state index contributed by atoms with van der Waals surface area (Å²) < 4.78 is 0. The summed E-state index contributed by atoms with van der Waals surface area (Å²) in [4.78, 5) is 10.9. The number of Topliss-reactive ketones (excluding diaryl/α,β-unsaturated/α-hetero) is 1. The number of carbonyl (C=O) groups excluding carboxylic acids is 1. The van der Waals surface area contributed by atoms with Gasteiger partial charge in [0, 0.05) is 0 Å². The van der Waals surface area contributed by atoms with Crippen LogP contribution in [0.4, 0.5) is 0 Å². The van der Waals surface area contributed by atoms with E-state index in [1.54, 1.807) is 0 Å². The lowest BCUT2D eigenvalue weighted by atomic mass is 9.92. The molecule has 0 saturated heterocycles. The maximum atomic E-state index is 10.9. The standard InChI is InChI=1S/C7H10O4/c1-3-2-4(8)6(10)7(11)5(3)9/h2,4,6-8,10-11H,1H3/t4-,6+,7+/m0/s1. The van der Waals surface area contributed by atoms with Crippen LogP contribution in [0.5, 0.6) is 0 Å². The quantitative estimate of drug-likeness (QED) is 0.405. The second-order valence-corrected chi connectivity index (χ2v) is 2.64. The van der Waals surface area contributed by atoms with Crippen molar-refractivity contribution in [3.8, 4) is 0 Å². The lowest BCUT2D eigenvalue weighted by Crippen LogP contribution is -2.45. The molecule has 0 aromatic rings. The smallest absolute Gasteiger partial charge is 0.189 e. The number of hydrogen-bond acceptors (Lipinski definition) is 4. The molecule has 3 atom stereocenters. The second-order valence-electron chi connectivity index (χ2n) is 2.64. The normalized spacial score (nSPS) is 38.7. The van der Waals surface area contributed by atoms with Crippen LogP contribution in [0.15, 0.2) is 11.6 Å². The molecule has 3 N–H and O–H groups in total. The van der Waals surface area contributed by atoms with Crippen molar-refractivity contribution in [3.63, 3.8) is 0 Å². The third-order valence-electron chi connectivity index (χ3n) is 1.75. The first kappa shape index (κ1) is 8.39. The molecule has 0 aromatic heterocycles. The Morgan fingerprint density at radius 2 is 1.91 bits per heavy atom. The van der Waals surface area contributed by atoms with Gasteiger partial charge in [0.25, 0.3) is 0 Å². The van der Waals surface area contributed by atoms with E-state index in [0.29, 0.717) is 0 Å². The highest BCUT2D eigenvalue weighted by atomic mass is 16.4. The first-order valence-electron chi connectivity index (χ1n) is 3.31. The van der Waals surface area contributed by atoms with Crippen LogP contribution in [-0.2, 0) is 4.79 Å². The first-order chi connectivity index (χ1) is 5.04. The fraction of sp³-hybridized carbons (Fsp3) is 0.571. The van der Waals surface area contributed by atoms with Crippen LogP contribution in [0.25, 0.3) is 0 Å². The van der Waals surface area contributed by atoms with Gasteiger partial charge in [-0.2, -0.15) is 0 Å².